The topological polar surface area (TPSA) is 122 Å². The molecule has 11 heteroatoms. The smallest absolute Gasteiger partial charge is 0.188 e. The number of hydrogen-bond acceptors (Lipinski definition) is 11. The third-order valence-corrected chi connectivity index (χ3v) is 20.0. The number of nitrogens with zero attached hydrogens (tertiary/aromatic N) is 2. The molecule has 0 heterocycles. The van der Waals surface area contributed by atoms with Gasteiger partial charge >= 0.3 is 0 Å². The number of unbranched alkanes of at least 4 members (excludes halogenated alkanes) is 38. The van der Waals surface area contributed by atoms with Crippen molar-refractivity contribution >= 4 is 45.5 Å². The lowest BCUT2D eigenvalue weighted by Gasteiger charge is -2.27. The number of rotatable bonds is 68. The van der Waals surface area contributed by atoms with Crippen molar-refractivity contribution in [2.75, 3.05) is 62.3 Å². The molecule has 0 aromatic heterocycles. The van der Waals surface area contributed by atoms with Gasteiger partial charge < -0.3 is 20.4 Å². The van der Waals surface area contributed by atoms with Crippen LogP contribution in [0.2, 0.25) is 0 Å². The van der Waals surface area contributed by atoms with Crippen LogP contribution in [-0.4, -0.2) is 127 Å². The first-order chi connectivity index (χ1) is 39.6. The molecule has 0 saturated heterocycles. The Bertz CT molecular complexity index is 1110. The number of thioether (sulfide) groups is 3. The van der Waals surface area contributed by atoms with Crippen LogP contribution >= 0.6 is 35.3 Å². The van der Waals surface area contributed by atoms with E-state index in [1.807, 2.05) is 11.8 Å². The standard InChI is InChI=1S/C70H140N2O6S3/c1-5-9-13-17-21-25-29-33-37-41-49-65(73)61-71(62-66(74)50-42-38-34-30-26-22-18-14-10-6-2)55-47-45-53-69(77)80-59-57-79-58-60-81-70(78)54-46-48-56-72(63-67(75)51-43-39-35-31-27-23-19-15-11-7-3)64-68(76)52-44-40-36-32-28-24-20-16-12-8-4/h65-68,73-76H,5-64H2,1-4H3. The van der Waals surface area contributed by atoms with Gasteiger partial charge in [-0.1, -0.05) is 308 Å². The van der Waals surface area contributed by atoms with Gasteiger partial charge in [0.05, 0.1) is 24.4 Å². The Balaban J connectivity index is 4.60. The minimum absolute atomic E-state index is 0.249. The highest BCUT2D eigenvalue weighted by Gasteiger charge is 2.18. The van der Waals surface area contributed by atoms with Crippen LogP contribution in [0.1, 0.15) is 349 Å². The molecule has 0 aliphatic heterocycles. The van der Waals surface area contributed by atoms with Crippen molar-refractivity contribution < 1.29 is 30.0 Å². The summed E-state index contributed by atoms with van der Waals surface area (Å²) in [6, 6.07) is 0. The molecule has 0 aromatic carbocycles. The second-order valence-electron chi connectivity index (χ2n) is 25.0. The quantitative estimate of drug-likeness (QED) is 0.0436. The van der Waals surface area contributed by atoms with E-state index in [0.717, 1.165) is 113 Å². The SMILES string of the molecule is CCCCCCCCCCCCC(O)CN(CCCCC(=O)SCCSCCSC(=O)CCCCN(CC(O)CCCCCCCCCCCC)CC(O)CCCCCCCCCCCC)CC(O)CCCCCCCCCCCC. The van der Waals surface area contributed by atoms with Crippen LogP contribution in [0.25, 0.3) is 0 Å². The first kappa shape index (κ1) is 81.2. The van der Waals surface area contributed by atoms with E-state index in [1.165, 1.54) is 255 Å². The molecule has 4 N–H and O–H groups in total. The zero-order valence-electron chi connectivity index (χ0n) is 54.5. The Morgan fingerprint density at radius 3 is 0.716 bits per heavy atom. The molecule has 484 valence electrons. The van der Waals surface area contributed by atoms with Crippen LogP contribution in [-0.2, 0) is 9.59 Å². The molecular formula is C70H140N2O6S3. The summed E-state index contributed by atoms with van der Waals surface area (Å²) in [5, 5.41) is 44.8. The third kappa shape index (κ3) is 63.0. The van der Waals surface area contributed by atoms with Gasteiger partial charge in [-0.15, -0.1) is 0 Å². The fourth-order valence-electron chi connectivity index (χ4n) is 11.4. The van der Waals surface area contributed by atoms with Crippen molar-refractivity contribution in [3.8, 4) is 0 Å². The fraction of sp³-hybridized carbons (Fsp3) is 0.971. The van der Waals surface area contributed by atoms with Gasteiger partial charge in [0.15, 0.2) is 10.2 Å². The first-order valence-corrected chi connectivity index (χ1v) is 38.8. The summed E-state index contributed by atoms with van der Waals surface area (Å²) >= 11 is 4.70. The Morgan fingerprint density at radius 1 is 0.284 bits per heavy atom. The number of carbonyl (C=O) groups is 2. The van der Waals surface area contributed by atoms with Crippen molar-refractivity contribution in [2.45, 2.75) is 373 Å². The van der Waals surface area contributed by atoms with Gasteiger partial charge in [-0.05, 0) is 64.5 Å². The Hall–Kier alpha value is 0.150. The van der Waals surface area contributed by atoms with Gasteiger partial charge in [0, 0.05) is 62.0 Å². The summed E-state index contributed by atoms with van der Waals surface area (Å²) in [5.41, 5.74) is 0. The highest BCUT2D eigenvalue weighted by atomic mass is 32.2. The lowest BCUT2D eigenvalue weighted by atomic mass is 10.0. The number of aliphatic hydroxyl groups is 4. The average Bonchev–Trinajstić information content (AvgIpc) is 3.44. The first-order valence-electron chi connectivity index (χ1n) is 35.7. The van der Waals surface area contributed by atoms with Crippen LogP contribution in [0.4, 0.5) is 0 Å². The van der Waals surface area contributed by atoms with Gasteiger partial charge in [-0.25, -0.2) is 0 Å². The molecule has 0 fully saturated rings. The van der Waals surface area contributed by atoms with Crippen molar-refractivity contribution in [3.63, 3.8) is 0 Å². The predicted octanol–water partition coefficient (Wildman–Crippen LogP) is 19.9. The predicted molar refractivity (Wildman–Crippen MR) is 363 cm³/mol. The third-order valence-electron chi connectivity index (χ3n) is 16.6. The van der Waals surface area contributed by atoms with E-state index >= 15 is 0 Å². The summed E-state index contributed by atoms with van der Waals surface area (Å²) in [6.07, 6.45) is 58.0. The second kappa shape index (κ2) is 66.1. The van der Waals surface area contributed by atoms with Gasteiger partial charge in [-0.3, -0.25) is 19.4 Å². The lowest BCUT2D eigenvalue weighted by molar-refractivity contribution is -0.111. The average molecular weight is 1200 g/mol. The van der Waals surface area contributed by atoms with Gasteiger partial charge in [0.1, 0.15) is 0 Å². The van der Waals surface area contributed by atoms with Gasteiger partial charge in [0.25, 0.3) is 0 Å². The molecule has 0 radical (unpaired) electrons. The number of aliphatic hydroxyl groups excluding tert-OH is 4. The Morgan fingerprint density at radius 2 is 0.494 bits per heavy atom. The maximum absolute atomic E-state index is 12.8. The van der Waals surface area contributed by atoms with Gasteiger partial charge in [0.2, 0.25) is 0 Å². The summed E-state index contributed by atoms with van der Waals surface area (Å²) in [7, 11) is 0. The Labute approximate surface area is 517 Å². The molecule has 0 amide bonds. The maximum Gasteiger partial charge on any atom is 0.188 e. The molecule has 0 bridgehead atoms. The summed E-state index contributed by atoms with van der Waals surface area (Å²) in [5.74, 6) is 3.39. The zero-order valence-corrected chi connectivity index (χ0v) is 56.9. The molecular weight excluding hydrogens is 1060 g/mol. The van der Waals surface area contributed by atoms with Crippen LogP contribution in [0, 0.1) is 0 Å². The largest absolute Gasteiger partial charge is 0.392 e. The fourth-order valence-corrected chi connectivity index (χ4v) is 14.3. The van der Waals surface area contributed by atoms with Crippen LogP contribution in [0.15, 0.2) is 0 Å². The van der Waals surface area contributed by atoms with E-state index in [-0.39, 0.29) is 34.6 Å². The maximum atomic E-state index is 12.8. The van der Waals surface area contributed by atoms with E-state index in [1.54, 1.807) is 0 Å². The molecule has 0 saturated carbocycles. The van der Waals surface area contributed by atoms with Crippen molar-refractivity contribution in [3.05, 3.63) is 0 Å². The molecule has 4 unspecified atom stereocenters. The highest BCUT2D eigenvalue weighted by molar-refractivity contribution is 8.15. The van der Waals surface area contributed by atoms with Crippen LogP contribution in [0.3, 0.4) is 0 Å². The molecule has 4 atom stereocenters. The van der Waals surface area contributed by atoms with E-state index in [9.17, 15) is 30.0 Å². The highest BCUT2D eigenvalue weighted by Crippen LogP contribution is 2.20. The van der Waals surface area contributed by atoms with E-state index < -0.39 is 0 Å². The van der Waals surface area contributed by atoms with E-state index in [2.05, 4.69) is 37.5 Å². The monoisotopic (exact) mass is 1200 g/mol. The normalized spacial score (nSPS) is 13.5. The lowest BCUT2D eigenvalue weighted by Crippen LogP contribution is -2.38. The molecule has 0 aliphatic carbocycles. The minimum atomic E-state index is -0.374. The number of carbonyl (C=O) groups excluding carboxylic acids is 2. The second-order valence-corrected chi connectivity index (χ2v) is 28.5. The van der Waals surface area contributed by atoms with Crippen molar-refractivity contribution in [2.24, 2.45) is 0 Å². The van der Waals surface area contributed by atoms with Crippen LogP contribution in [0.5, 0.6) is 0 Å². The molecule has 0 rings (SSSR count). The summed E-state index contributed by atoms with van der Waals surface area (Å²) < 4.78 is 0. The van der Waals surface area contributed by atoms with E-state index in [0.29, 0.717) is 39.0 Å². The molecule has 8 nitrogen and oxygen atoms in total. The molecule has 0 spiro atoms. The van der Waals surface area contributed by atoms with Crippen molar-refractivity contribution in [1.29, 1.82) is 0 Å². The summed E-state index contributed by atoms with van der Waals surface area (Å²) in [4.78, 5) is 30.2. The van der Waals surface area contributed by atoms with E-state index in [4.69, 9.17) is 0 Å². The minimum Gasteiger partial charge on any atom is -0.392 e. The molecule has 0 aliphatic rings. The zero-order chi connectivity index (χ0) is 59.2. The molecule has 0 aromatic rings. The Kier molecular flexibility index (Phi) is 66.2. The van der Waals surface area contributed by atoms with Crippen LogP contribution < -0.4 is 0 Å². The summed E-state index contributed by atoms with van der Waals surface area (Å²) in [6.45, 7) is 13.1. The van der Waals surface area contributed by atoms with Gasteiger partial charge in [-0.2, -0.15) is 11.8 Å². The molecule has 81 heavy (non-hydrogen) atoms. The van der Waals surface area contributed by atoms with Crippen molar-refractivity contribution in [1.82, 2.24) is 9.80 Å². The number of hydrogen-bond donors (Lipinski definition) is 4.